The normalized spacial score (nSPS) is 19.7. The molecule has 0 saturated carbocycles. The molecule has 0 spiro atoms. The summed E-state index contributed by atoms with van der Waals surface area (Å²) in [6.07, 6.45) is 0. The van der Waals surface area contributed by atoms with Crippen molar-refractivity contribution in [3.8, 4) is 0 Å². The average Bonchev–Trinajstić information content (AvgIpc) is 2.37. The number of carboxylic acids is 1. The minimum absolute atomic E-state index is 0.0484. The van der Waals surface area contributed by atoms with Crippen LogP contribution in [0.15, 0.2) is 0 Å². The van der Waals surface area contributed by atoms with Crippen molar-refractivity contribution < 1.29 is 29.6 Å². The summed E-state index contributed by atoms with van der Waals surface area (Å²) in [5.41, 5.74) is 0. The number of aliphatic hydroxyl groups excluding tert-OH is 2. The first-order chi connectivity index (χ1) is 8.61. The number of morpholine rings is 1. The zero-order valence-electron chi connectivity index (χ0n) is 9.99. The third-order valence-electron chi connectivity index (χ3n) is 2.67. The number of carbonyl (C=O) groups excluding carboxylic acids is 1. The molecule has 0 radical (unpaired) electrons. The van der Waals surface area contributed by atoms with Crippen LogP contribution in [-0.2, 0) is 9.53 Å². The molecule has 1 heterocycles. The maximum Gasteiger partial charge on any atom is 0.328 e. The van der Waals surface area contributed by atoms with Gasteiger partial charge in [0.15, 0.2) is 6.04 Å². The number of carbonyl (C=O) groups is 2. The summed E-state index contributed by atoms with van der Waals surface area (Å²) in [4.78, 5) is 25.5. The standard InChI is InChI=1S/C10H18N2O6/c13-4-1-11(2-5-14)10(17)12-3-6-18-7-8(12)9(15)16/h8,13-14H,1-7H2,(H,15,16). The van der Waals surface area contributed by atoms with Crippen molar-refractivity contribution in [3.05, 3.63) is 0 Å². The minimum atomic E-state index is -1.13. The van der Waals surface area contributed by atoms with E-state index < -0.39 is 18.0 Å². The number of amides is 2. The van der Waals surface area contributed by atoms with Crippen molar-refractivity contribution >= 4 is 12.0 Å². The van der Waals surface area contributed by atoms with Crippen LogP contribution in [0.2, 0.25) is 0 Å². The lowest BCUT2D eigenvalue weighted by Gasteiger charge is -2.36. The molecular weight excluding hydrogens is 244 g/mol. The Morgan fingerprint density at radius 3 is 2.39 bits per heavy atom. The van der Waals surface area contributed by atoms with Gasteiger partial charge in [-0.05, 0) is 0 Å². The van der Waals surface area contributed by atoms with E-state index in [0.29, 0.717) is 0 Å². The Morgan fingerprint density at radius 2 is 1.89 bits per heavy atom. The zero-order valence-corrected chi connectivity index (χ0v) is 9.99. The number of aliphatic hydroxyl groups is 2. The van der Waals surface area contributed by atoms with Gasteiger partial charge in [0.2, 0.25) is 0 Å². The van der Waals surface area contributed by atoms with E-state index in [1.807, 2.05) is 0 Å². The summed E-state index contributed by atoms with van der Waals surface area (Å²) < 4.78 is 5.03. The first-order valence-electron chi connectivity index (χ1n) is 5.69. The summed E-state index contributed by atoms with van der Waals surface area (Å²) in [6, 6.07) is -1.53. The molecule has 3 N–H and O–H groups in total. The van der Waals surface area contributed by atoms with E-state index in [1.165, 1.54) is 9.80 Å². The van der Waals surface area contributed by atoms with E-state index in [-0.39, 0.29) is 46.1 Å². The van der Waals surface area contributed by atoms with E-state index in [4.69, 9.17) is 20.1 Å². The molecule has 1 aliphatic heterocycles. The second kappa shape index (κ2) is 7.14. The second-order valence-corrected chi connectivity index (χ2v) is 3.84. The van der Waals surface area contributed by atoms with Crippen LogP contribution in [0.1, 0.15) is 0 Å². The van der Waals surface area contributed by atoms with Crippen LogP contribution in [0.25, 0.3) is 0 Å². The van der Waals surface area contributed by atoms with Gasteiger partial charge in [0, 0.05) is 19.6 Å². The number of ether oxygens (including phenoxy) is 1. The van der Waals surface area contributed by atoms with Gasteiger partial charge in [-0.2, -0.15) is 0 Å². The smallest absolute Gasteiger partial charge is 0.328 e. The molecule has 104 valence electrons. The Hall–Kier alpha value is -1.38. The number of urea groups is 1. The number of hydrogen-bond donors (Lipinski definition) is 3. The number of hydrogen-bond acceptors (Lipinski definition) is 5. The van der Waals surface area contributed by atoms with Crippen LogP contribution in [0.3, 0.4) is 0 Å². The predicted molar refractivity (Wildman–Crippen MR) is 60.1 cm³/mol. The highest BCUT2D eigenvalue weighted by Crippen LogP contribution is 2.10. The highest BCUT2D eigenvalue weighted by molar-refractivity contribution is 5.83. The Kier molecular flexibility index (Phi) is 5.83. The van der Waals surface area contributed by atoms with Gasteiger partial charge in [-0.15, -0.1) is 0 Å². The average molecular weight is 262 g/mol. The molecule has 1 atom stereocenters. The summed E-state index contributed by atoms with van der Waals surface area (Å²) >= 11 is 0. The molecule has 1 unspecified atom stereocenters. The van der Waals surface area contributed by atoms with E-state index in [9.17, 15) is 9.59 Å². The van der Waals surface area contributed by atoms with Gasteiger partial charge in [0.05, 0.1) is 26.4 Å². The summed E-state index contributed by atoms with van der Waals surface area (Å²) in [5.74, 6) is -1.13. The molecule has 1 fully saturated rings. The van der Waals surface area contributed by atoms with Crippen LogP contribution in [0.5, 0.6) is 0 Å². The molecule has 8 heteroatoms. The van der Waals surface area contributed by atoms with Crippen LogP contribution >= 0.6 is 0 Å². The molecule has 1 rings (SSSR count). The highest BCUT2D eigenvalue weighted by atomic mass is 16.5. The Morgan fingerprint density at radius 1 is 1.28 bits per heavy atom. The zero-order chi connectivity index (χ0) is 13.5. The van der Waals surface area contributed by atoms with Crippen LogP contribution in [0.4, 0.5) is 4.79 Å². The first-order valence-corrected chi connectivity index (χ1v) is 5.69. The lowest BCUT2D eigenvalue weighted by atomic mass is 10.2. The van der Waals surface area contributed by atoms with Gasteiger partial charge >= 0.3 is 12.0 Å². The van der Waals surface area contributed by atoms with Crippen LogP contribution < -0.4 is 0 Å². The summed E-state index contributed by atoms with van der Waals surface area (Å²) in [5, 5.41) is 26.7. The number of aliphatic carboxylic acids is 1. The maximum atomic E-state index is 12.1. The molecule has 2 amide bonds. The minimum Gasteiger partial charge on any atom is -0.480 e. The van der Waals surface area contributed by atoms with Crippen molar-refractivity contribution in [1.82, 2.24) is 9.80 Å². The molecule has 0 aliphatic carbocycles. The van der Waals surface area contributed by atoms with Crippen molar-refractivity contribution in [2.75, 3.05) is 46.1 Å². The third-order valence-corrected chi connectivity index (χ3v) is 2.67. The van der Waals surface area contributed by atoms with Crippen LogP contribution in [0, 0.1) is 0 Å². The molecule has 0 aromatic carbocycles. The van der Waals surface area contributed by atoms with Crippen molar-refractivity contribution in [1.29, 1.82) is 0 Å². The largest absolute Gasteiger partial charge is 0.480 e. The topological polar surface area (TPSA) is 111 Å². The number of carboxylic acid groups (broad SMARTS) is 1. The Labute approximate surface area is 104 Å². The maximum absolute atomic E-state index is 12.1. The van der Waals surface area contributed by atoms with Gasteiger partial charge in [-0.3, -0.25) is 0 Å². The SMILES string of the molecule is O=C(O)C1COCCN1C(=O)N(CCO)CCO. The molecule has 8 nitrogen and oxygen atoms in total. The van der Waals surface area contributed by atoms with Gasteiger partial charge < -0.3 is 29.9 Å². The molecule has 0 aromatic rings. The Bertz CT molecular complexity index is 292. The predicted octanol–water partition coefficient (Wildman–Crippen LogP) is -1.82. The van der Waals surface area contributed by atoms with E-state index in [0.717, 1.165) is 0 Å². The van der Waals surface area contributed by atoms with Crippen LogP contribution in [-0.4, -0.2) is 89.2 Å². The molecule has 0 bridgehead atoms. The number of rotatable bonds is 5. The molecule has 1 aliphatic rings. The molecule has 18 heavy (non-hydrogen) atoms. The van der Waals surface area contributed by atoms with Gasteiger partial charge in [0.1, 0.15) is 0 Å². The molecule has 0 aromatic heterocycles. The fourth-order valence-corrected chi connectivity index (χ4v) is 1.76. The summed E-state index contributed by atoms with van der Waals surface area (Å²) in [7, 11) is 0. The van der Waals surface area contributed by atoms with E-state index in [1.54, 1.807) is 0 Å². The van der Waals surface area contributed by atoms with Crippen molar-refractivity contribution in [3.63, 3.8) is 0 Å². The summed E-state index contributed by atoms with van der Waals surface area (Å²) in [6.45, 7) is 0.0474. The second-order valence-electron chi connectivity index (χ2n) is 3.84. The van der Waals surface area contributed by atoms with Crippen molar-refractivity contribution in [2.45, 2.75) is 6.04 Å². The van der Waals surface area contributed by atoms with Gasteiger partial charge in [-0.1, -0.05) is 0 Å². The highest BCUT2D eigenvalue weighted by Gasteiger charge is 2.34. The van der Waals surface area contributed by atoms with E-state index >= 15 is 0 Å². The lowest BCUT2D eigenvalue weighted by Crippen LogP contribution is -2.57. The Balaban J connectivity index is 2.73. The first kappa shape index (κ1) is 14.7. The van der Waals surface area contributed by atoms with Gasteiger partial charge in [-0.25, -0.2) is 9.59 Å². The monoisotopic (exact) mass is 262 g/mol. The third kappa shape index (κ3) is 3.56. The quantitative estimate of drug-likeness (QED) is 0.538. The fraction of sp³-hybridized carbons (Fsp3) is 0.800. The molecular formula is C10H18N2O6. The van der Waals surface area contributed by atoms with E-state index in [2.05, 4.69) is 0 Å². The molecule has 1 saturated heterocycles. The number of nitrogens with zero attached hydrogens (tertiary/aromatic N) is 2. The van der Waals surface area contributed by atoms with Crippen molar-refractivity contribution in [2.24, 2.45) is 0 Å². The lowest BCUT2D eigenvalue weighted by molar-refractivity contribution is -0.147. The van der Waals surface area contributed by atoms with Gasteiger partial charge in [0.25, 0.3) is 0 Å². The fourth-order valence-electron chi connectivity index (χ4n) is 1.76.